The van der Waals surface area contributed by atoms with E-state index in [9.17, 15) is 6.93 Å². The van der Waals surface area contributed by atoms with Crippen LogP contribution < -0.4 is 0 Å². The Morgan fingerprint density at radius 3 is 1.80 bits per heavy atom. The SMILES string of the molecule is CC[As](F)F. The van der Waals surface area contributed by atoms with Crippen molar-refractivity contribution in [3.05, 3.63) is 0 Å². The third kappa shape index (κ3) is 4.42. The molecule has 0 saturated carbocycles. The van der Waals surface area contributed by atoms with Gasteiger partial charge < -0.3 is 0 Å². The van der Waals surface area contributed by atoms with E-state index in [0.717, 1.165) is 0 Å². The monoisotopic (exact) mass is 142 g/mol. The molecule has 0 atom stereocenters. The van der Waals surface area contributed by atoms with E-state index in [-0.39, 0.29) is 5.21 Å². The van der Waals surface area contributed by atoms with Crippen LogP contribution in [0.25, 0.3) is 0 Å². The summed E-state index contributed by atoms with van der Waals surface area (Å²) < 4.78 is 21.8. The quantitative estimate of drug-likeness (QED) is 0.486. The molecule has 0 aromatic rings. The Bertz CT molecular complexity index is 21.6. The van der Waals surface area contributed by atoms with Gasteiger partial charge in [-0.05, 0) is 0 Å². The molecular weight excluding hydrogens is 137 g/mol. The number of halogens is 2. The van der Waals surface area contributed by atoms with E-state index < -0.39 is 15.6 Å². The topological polar surface area (TPSA) is 0 Å². The molecule has 0 spiro atoms. The predicted octanol–water partition coefficient (Wildman–Crippen LogP) is 1.43. The van der Waals surface area contributed by atoms with Crippen LogP contribution in [0.2, 0.25) is 5.21 Å². The molecule has 0 aliphatic heterocycles. The summed E-state index contributed by atoms with van der Waals surface area (Å²) in [6, 6.07) is 0. The fourth-order valence-electron chi connectivity index (χ4n) is 0. The molecule has 0 heterocycles. The first-order valence-electron chi connectivity index (χ1n) is 1.36. The summed E-state index contributed by atoms with van der Waals surface area (Å²) in [5, 5.41) is 0.118. The molecule has 0 fully saturated rings. The fraction of sp³-hybridized carbons (Fsp3) is 1.00. The standard InChI is InChI=1S/C2H5AsF2/c1-2-3(4)5/h2H2,1H3. The Labute approximate surface area is 35.4 Å². The average molecular weight is 142 g/mol. The molecule has 5 heavy (non-hydrogen) atoms. The maximum atomic E-state index is 10.9. The summed E-state index contributed by atoms with van der Waals surface area (Å²) in [6.07, 6.45) is 0. The molecule has 0 bridgehead atoms. The van der Waals surface area contributed by atoms with Gasteiger partial charge in [-0.1, -0.05) is 0 Å². The second-order valence-electron chi connectivity index (χ2n) is 0.619. The Morgan fingerprint density at radius 1 is 1.60 bits per heavy atom. The second kappa shape index (κ2) is 2.64. The molecule has 32 valence electrons. The molecule has 0 N–H and O–H groups in total. The van der Waals surface area contributed by atoms with E-state index in [4.69, 9.17) is 0 Å². The van der Waals surface area contributed by atoms with E-state index in [1.54, 1.807) is 0 Å². The van der Waals surface area contributed by atoms with Crippen molar-refractivity contribution >= 4 is 15.6 Å². The first-order valence-corrected chi connectivity index (χ1v) is 4.11. The Hall–Kier alpha value is 0.418. The molecule has 0 aromatic heterocycles. The van der Waals surface area contributed by atoms with Gasteiger partial charge in [0.2, 0.25) is 0 Å². The van der Waals surface area contributed by atoms with Crippen molar-refractivity contribution in [3.8, 4) is 0 Å². The van der Waals surface area contributed by atoms with Crippen LogP contribution in [0.5, 0.6) is 0 Å². The van der Waals surface area contributed by atoms with Gasteiger partial charge in [0.05, 0.1) is 0 Å². The summed E-state index contributed by atoms with van der Waals surface area (Å²) in [7, 11) is 0. The third-order valence-corrected chi connectivity index (χ3v) is 1.24. The minimum atomic E-state index is -3.20. The number of rotatable bonds is 1. The molecule has 0 nitrogen and oxygen atoms in total. The van der Waals surface area contributed by atoms with Crippen molar-refractivity contribution in [2.45, 2.75) is 12.1 Å². The van der Waals surface area contributed by atoms with E-state index in [1.165, 1.54) is 6.92 Å². The second-order valence-corrected chi connectivity index (χ2v) is 3.22. The van der Waals surface area contributed by atoms with Crippen LogP contribution in [0.15, 0.2) is 0 Å². The van der Waals surface area contributed by atoms with Gasteiger partial charge >= 0.3 is 34.7 Å². The average Bonchev–Trinajstić information content (AvgIpc) is 1.38. The van der Waals surface area contributed by atoms with Crippen LogP contribution in [0.1, 0.15) is 6.92 Å². The van der Waals surface area contributed by atoms with E-state index in [0.29, 0.717) is 0 Å². The van der Waals surface area contributed by atoms with Crippen LogP contribution in [0.3, 0.4) is 0 Å². The minimum absolute atomic E-state index is 0.118. The molecule has 0 amide bonds. The van der Waals surface area contributed by atoms with Gasteiger partial charge in [-0.2, -0.15) is 0 Å². The van der Waals surface area contributed by atoms with Gasteiger partial charge in [-0.3, -0.25) is 0 Å². The molecule has 0 radical (unpaired) electrons. The molecule has 0 aliphatic rings. The maximum absolute atomic E-state index is 10.9. The Kier molecular flexibility index (Phi) is 2.87. The predicted molar refractivity (Wildman–Crippen MR) is 18.5 cm³/mol. The zero-order valence-electron chi connectivity index (χ0n) is 2.91. The Balaban J connectivity index is 2.54. The van der Waals surface area contributed by atoms with Gasteiger partial charge in [0, 0.05) is 0 Å². The normalized spacial score (nSPS) is 9.60. The van der Waals surface area contributed by atoms with Gasteiger partial charge in [0.25, 0.3) is 0 Å². The van der Waals surface area contributed by atoms with Gasteiger partial charge in [-0.25, -0.2) is 0 Å². The summed E-state index contributed by atoms with van der Waals surface area (Å²) in [5.74, 6) is 0. The van der Waals surface area contributed by atoms with Crippen LogP contribution in [0, 0.1) is 0 Å². The van der Waals surface area contributed by atoms with Crippen LogP contribution in [0.4, 0.5) is 6.93 Å². The van der Waals surface area contributed by atoms with Crippen LogP contribution in [-0.2, 0) is 0 Å². The fourth-order valence-corrected chi connectivity index (χ4v) is 0. The first kappa shape index (κ1) is 5.42. The number of hydrogen-bond acceptors (Lipinski definition) is 0. The molecular formula is C2H5AsF2. The van der Waals surface area contributed by atoms with Crippen molar-refractivity contribution in [1.82, 2.24) is 0 Å². The van der Waals surface area contributed by atoms with Crippen molar-refractivity contribution in [2.75, 3.05) is 0 Å². The van der Waals surface area contributed by atoms with Gasteiger partial charge in [0.15, 0.2) is 0 Å². The van der Waals surface area contributed by atoms with Crippen molar-refractivity contribution in [2.24, 2.45) is 0 Å². The molecule has 0 rings (SSSR count). The Morgan fingerprint density at radius 2 is 1.80 bits per heavy atom. The zero-order valence-corrected chi connectivity index (χ0v) is 4.79. The number of hydrogen-bond donors (Lipinski definition) is 0. The van der Waals surface area contributed by atoms with E-state index in [1.807, 2.05) is 0 Å². The van der Waals surface area contributed by atoms with Crippen LogP contribution >= 0.6 is 0 Å². The first-order chi connectivity index (χ1) is 2.27. The molecule has 3 heteroatoms. The van der Waals surface area contributed by atoms with Gasteiger partial charge in [-0.15, -0.1) is 0 Å². The summed E-state index contributed by atoms with van der Waals surface area (Å²) in [4.78, 5) is 0. The van der Waals surface area contributed by atoms with Crippen LogP contribution in [-0.4, -0.2) is 15.6 Å². The molecule has 0 unspecified atom stereocenters. The summed E-state index contributed by atoms with van der Waals surface area (Å²) >= 11 is -3.20. The molecule has 0 saturated heterocycles. The van der Waals surface area contributed by atoms with E-state index >= 15 is 0 Å². The van der Waals surface area contributed by atoms with E-state index in [2.05, 4.69) is 0 Å². The summed E-state index contributed by atoms with van der Waals surface area (Å²) in [5.41, 5.74) is 0. The molecule has 0 aromatic carbocycles. The van der Waals surface area contributed by atoms with Gasteiger partial charge in [0.1, 0.15) is 0 Å². The van der Waals surface area contributed by atoms with Crippen molar-refractivity contribution in [3.63, 3.8) is 0 Å². The third-order valence-electron chi connectivity index (χ3n) is 0.239. The molecule has 0 aliphatic carbocycles. The zero-order chi connectivity index (χ0) is 4.28. The summed E-state index contributed by atoms with van der Waals surface area (Å²) in [6.45, 7) is 1.51. The van der Waals surface area contributed by atoms with Crippen molar-refractivity contribution < 1.29 is 6.93 Å². The van der Waals surface area contributed by atoms with Crippen molar-refractivity contribution in [1.29, 1.82) is 0 Å².